The quantitative estimate of drug-likeness (QED) is 0.155. The Balaban J connectivity index is 1.46. The van der Waals surface area contributed by atoms with Gasteiger partial charge in [-0.2, -0.15) is 0 Å². The average Bonchev–Trinajstić information content (AvgIpc) is 3.20. The van der Waals surface area contributed by atoms with Gasteiger partial charge in [-0.3, -0.25) is 9.59 Å². The van der Waals surface area contributed by atoms with Crippen LogP contribution < -0.4 is 20.1 Å². The van der Waals surface area contributed by atoms with Crippen molar-refractivity contribution in [2.75, 3.05) is 66.6 Å². The molecule has 0 unspecified atom stereocenters. The fraction of sp³-hybridized carbons (Fsp3) is 0.250. The molecule has 0 spiro atoms. The van der Waals surface area contributed by atoms with Crippen molar-refractivity contribution in [1.82, 2.24) is 20.4 Å². The summed E-state index contributed by atoms with van der Waals surface area (Å²) in [6.07, 6.45) is 6.48. The summed E-state index contributed by atoms with van der Waals surface area (Å²) in [7, 11) is 3.20. The lowest BCUT2D eigenvalue weighted by molar-refractivity contribution is -0.127. The van der Waals surface area contributed by atoms with E-state index >= 15 is 0 Å². The van der Waals surface area contributed by atoms with Gasteiger partial charge in [0.05, 0.1) is 34.3 Å². The summed E-state index contributed by atoms with van der Waals surface area (Å²) < 4.78 is 11.5. The zero-order valence-corrected chi connectivity index (χ0v) is 33.0. The van der Waals surface area contributed by atoms with Gasteiger partial charge in [-0.25, -0.2) is 0 Å². The Morgan fingerprint density at radius 2 is 0.981 bits per heavy atom. The second kappa shape index (κ2) is 18.1. The maximum atomic E-state index is 13.1. The van der Waals surface area contributed by atoms with E-state index in [1.165, 1.54) is 23.9 Å². The summed E-state index contributed by atoms with van der Waals surface area (Å²) in [6, 6.07) is 19.0. The molecule has 0 aromatic heterocycles. The number of benzene rings is 4. The molecule has 0 atom stereocenters. The lowest BCUT2D eigenvalue weighted by Crippen LogP contribution is -2.45. The molecule has 2 amide bonds. The molecule has 2 aliphatic heterocycles. The minimum Gasteiger partial charge on any atom is -0.496 e. The van der Waals surface area contributed by atoms with Crippen LogP contribution in [0.5, 0.6) is 11.5 Å². The van der Waals surface area contributed by atoms with Crippen LogP contribution in [0.2, 0.25) is 20.1 Å². The van der Waals surface area contributed by atoms with Crippen LogP contribution in [-0.4, -0.2) is 88.2 Å². The van der Waals surface area contributed by atoms with Crippen LogP contribution in [0.1, 0.15) is 11.1 Å². The highest BCUT2D eigenvalue weighted by molar-refractivity contribution is 7.99. The number of hydrogen-bond acceptors (Lipinski definition) is 7. The van der Waals surface area contributed by atoms with Crippen LogP contribution in [0.25, 0.3) is 34.4 Å². The lowest BCUT2D eigenvalue weighted by Gasteiger charge is -2.26. The Morgan fingerprint density at radius 1 is 0.604 bits per heavy atom. The molecule has 2 fully saturated rings. The molecule has 0 aliphatic carbocycles. The summed E-state index contributed by atoms with van der Waals surface area (Å²) in [5, 5.41) is 7.61. The number of ether oxygens (including phenoxy) is 2. The summed E-state index contributed by atoms with van der Waals surface area (Å²) in [6.45, 7) is 5.43. The molecule has 53 heavy (non-hydrogen) atoms. The van der Waals surface area contributed by atoms with Crippen molar-refractivity contribution in [3.8, 4) is 33.8 Å². The van der Waals surface area contributed by atoms with Gasteiger partial charge < -0.3 is 29.9 Å². The van der Waals surface area contributed by atoms with Crippen LogP contribution in [0, 0.1) is 0 Å². The molecule has 0 saturated carbocycles. The molecule has 0 radical (unpaired) electrons. The molecule has 0 bridgehead atoms. The molecular formula is C40H38Cl4N4O4S. The number of nitrogens with one attached hydrogen (secondary N) is 2. The molecule has 2 aliphatic rings. The monoisotopic (exact) mass is 810 g/mol. The van der Waals surface area contributed by atoms with E-state index in [1.807, 2.05) is 60.7 Å². The predicted octanol–water partition coefficient (Wildman–Crippen LogP) is 8.69. The van der Waals surface area contributed by atoms with Crippen molar-refractivity contribution in [2.45, 2.75) is 9.79 Å². The summed E-state index contributed by atoms with van der Waals surface area (Å²) >= 11 is 29.6. The molecule has 13 heteroatoms. The SMILES string of the molecule is COc1ccccc1-c1cc(Sc2cc(-c3ccccc3OC)c(/C=C/C(=O)N3CCNCC3)c(Cl)c2Cl)c(Cl)c(Cl)c1/C=C/C(=O)N1CCNCC1. The number of amides is 2. The number of carbonyl (C=O) groups is 2. The Bertz CT molecular complexity index is 1920. The average molecular weight is 813 g/mol. The molecule has 276 valence electrons. The first-order valence-electron chi connectivity index (χ1n) is 17.1. The highest BCUT2D eigenvalue weighted by atomic mass is 35.5. The number of nitrogens with zero attached hydrogens (tertiary/aromatic N) is 2. The van der Waals surface area contributed by atoms with Crippen molar-refractivity contribution in [3.05, 3.63) is 104 Å². The van der Waals surface area contributed by atoms with Gasteiger partial charge in [0.1, 0.15) is 11.5 Å². The highest BCUT2D eigenvalue weighted by Crippen LogP contribution is 2.50. The van der Waals surface area contributed by atoms with Crippen molar-refractivity contribution in [1.29, 1.82) is 0 Å². The maximum absolute atomic E-state index is 13.1. The van der Waals surface area contributed by atoms with Crippen LogP contribution >= 0.6 is 58.2 Å². The van der Waals surface area contributed by atoms with E-state index < -0.39 is 0 Å². The summed E-state index contributed by atoms with van der Waals surface area (Å²) in [5.41, 5.74) is 4.09. The first-order chi connectivity index (χ1) is 25.7. The number of carbonyl (C=O) groups excluding carboxylic acids is 2. The molecule has 6 rings (SSSR count). The number of piperazine rings is 2. The van der Waals surface area contributed by atoms with Crippen molar-refractivity contribution < 1.29 is 19.1 Å². The smallest absolute Gasteiger partial charge is 0.246 e. The first-order valence-corrected chi connectivity index (χ1v) is 19.4. The number of halogens is 4. The number of hydrogen-bond donors (Lipinski definition) is 2. The predicted molar refractivity (Wildman–Crippen MR) is 218 cm³/mol. The Hall–Kier alpha value is -3.67. The largest absolute Gasteiger partial charge is 0.496 e. The number of para-hydroxylation sites is 2. The third-order valence-electron chi connectivity index (χ3n) is 9.08. The second-order valence-corrected chi connectivity index (χ2v) is 14.8. The summed E-state index contributed by atoms with van der Waals surface area (Å²) in [4.78, 5) is 31.1. The van der Waals surface area contributed by atoms with Gasteiger partial charge in [-0.05, 0) is 47.5 Å². The van der Waals surface area contributed by atoms with Crippen molar-refractivity contribution in [2.24, 2.45) is 0 Å². The molecule has 4 aromatic rings. The molecule has 2 saturated heterocycles. The third-order valence-corrected chi connectivity index (χ3v) is 12.2. The van der Waals surface area contributed by atoms with E-state index in [0.717, 1.165) is 37.3 Å². The van der Waals surface area contributed by atoms with E-state index in [-0.39, 0.29) is 31.9 Å². The van der Waals surface area contributed by atoms with Crippen LogP contribution in [0.3, 0.4) is 0 Å². The van der Waals surface area contributed by atoms with E-state index in [4.69, 9.17) is 55.9 Å². The van der Waals surface area contributed by atoms with E-state index in [0.29, 0.717) is 69.7 Å². The maximum Gasteiger partial charge on any atom is 0.246 e. The minimum absolute atomic E-state index is 0.114. The van der Waals surface area contributed by atoms with E-state index in [1.54, 1.807) is 36.2 Å². The zero-order valence-electron chi connectivity index (χ0n) is 29.2. The topological polar surface area (TPSA) is 83.1 Å². The van der Waals surface area contributed by atoms with Crippen molar-refractivity contribution in [3.63, 3.8) is 0 Å². The minimum atomic E-state index is -0.114. The first kappa shape index (κ1) is 39.0. The van der Waals surface area contributed by atoms with Gasteiger partial charge in [0.15, 0.2) is 0 Å². The molecule has 2 heterocycles. The Morgan fingerprint density at radius 3 is 1.36 bits per heavy atom. The van der Waals surface area contributed by atoms with Crippen LogP contribution in [-0.2, 0) is 9.59 Å². The molecular weight excluding hydrogens is 774 g/mol. The zero-order chi connectivity index (χ0) is 37.5. The van der Waals surface area contributed by atoms with E-state index in [2.05, 4.69) is 10.6 Å². The van der Waals surface area contributed by atoms with Gasteiger partial charge in [0, 0.05) is 96.6 Å². The van der Waals surface area contributed by atoms with E-state index in [9.17, 15) is 9.59 Å². The lowest BCUT2D eigenvalue weighted by atomic mass is 9.98. The fourth-order valence-corrected chi connectivity index (χ4v) is 8.46. The molecule has 8 nitrogen and oxygen atoms in total. The summed E-state index contributed by atoms with van der Waals surface area (Å²) in [5.74, 6) is 1.02. The Kier molecular flexibility index (Phi) is 13.3. The van der Waals surface area contributed by atoms with Crippen LogP contribution in [0.15, 0.2) is 82.6 Å². The third kappa shape index (κ3) is 8.84. The fourth-order valence-electron chi connectivity index (χ4n) is 6.30. The van der Waals surface area contributed by atoms with Gasteiger partial charge in [0.2, 0.25) is 11.8 Å². The van der Waals surface area contributed by atoms with Gasteiger partial charge in [-0.1, -0.05) is 94.6 Å². The molecule has 4 aromatic carbocycles. The van der Waals surface area contributed by atoms with Crippen LogP contribution in [0.4, 0.5) is 0 Å². The number of rotatable bonds is 10. The Labute approximate surface area is 334 Å². The van der Waals surface area contributed by atoms with Gasteiger partial charge in [-0.15, -0.1) is 0 Å². The van der Waals surface area contributed by atoms with Gasteiger partial charge >= 0.3 is 0 Å². The second-order valence-electron chi connectivity index (χ2n) is 12.2. The normalized spacial score (nSPS) is 15.0. The molecule has 2 N–H and O–H groups in total. The number of methoxy groups -OCH3 is 2. The van der Waals surface area contributed by atoms with Gasteiger partial charge in [0.25, 0.3) is 0 Å². The standard InChI is InChI=1S/C40H38Cl4N4O4S/c1-51-31-9-5-3-7-25(31)29-23-33(39(43)37(41)27(29)11-13-35(49)47-19-15-45-16-20-47)53-34-24-30(26-8-4-6-10-32(26)52-2)28(38(42)40(34)44)12-14-36(50)48-21-17-46-18-22-48/h3-14,23-24,45-46H,15-22H2,1-2H3/b13-11+,14-12+. The highest BCUT2D eigenvalue weighted by Gasteiger charge is 2.24. The van der Waals surface area contributed by atoms with Crippen molar-refractivity contribution >= 4 is 82.1 Å².